The van der Waals surface area contributed by atoms with Crippen molar-refractivity contribution in [1.82, 2.24) is 0 Å². The molecule has 0 saturated heterocycles. The summed E-state index contributed by atoms with van der Waals surface area (Å²) in [5.41, 5.74) is 0. The standard InChI is InChI=1S/C5H8F3O4P/c1-2-11-13(9,10)12-4-3-5(6,7)8/h3-4H,2H2,1H3,(H,9,10). The van der Waals surface area contributed by atoms with Gasteiger partial charge in [0, 0.05) is 0 Å². The average molecular weight is 220 g/mol. The Balaban J connectivity index is 4.02. The maximum Gasteiger partial charge on any atom is 0.526 e. The van der Waals surface area contributed by atoms with Crippen molar-refractivity contribution >= 4 is 7.82 Å². The summed E-state index contributed by atoms with van der Waals surface area (Å²) >= 11 is 0. The smallest absolute Gasteiger partial charge is 0.412 e. The molecule has 0 aliphatic heterocycles. The molecule has 0 heterocycles. The molecule has 0 saturated carbocycles. The summed E-state index contributed by atoms with van der Waals surface area (Å²) in [5.74, 6) is 0. The van der Waals surface area contributed by atoms with E-state index in [1.807, 2.05) is 0 Å². The highest BCUT2D eigenvalue weighted by atomic mass is 31.2. The number of rotatable bonds is 4. The molecule has 0 aromatic rings. The van der Waals surface area contributed by atoms with Crippen molar-refractivity contribution < 1.29 is 31.7 Å². The maximum absolute atomic E-state index is 11.4. The highest BCUT2D eigenvalue weighted by molar-refractivity contribution is 7.47. The summed E-state index contributed by atoms with van der Waals surface area (Å²) in [6.45, 7) is 1.27. The van der Waals surface area contributed by atoms with Crippen molar-refractivity contribution in [2.75, 3.05) is 6.61 Å². The van der Waals surface area contributed by atoms with E-state index in [0.717, 1.165) is 0 Å². The molecule has 0 aromatic carbocycles. The molecule has 1 N–H and O–H groups in total. The molecule has 0 fully saturated rings. The van der Waals surface area contributed by atoms with Gasteiger partial charge in [-0.1, -0.05) is 0 Å². The molecule has 0 amide bonds. The predicted octanol–water partition coefficient (Wildman–Crippen LogP) is 2.22. The van der Waals surface area contributed by atoms with Crippen LogP contribution in [0.1, 0.15) is 6.92 Å². The topological polar surface area (TPSA) is 55.8 Å². The minimum Gasteiger partial charge on any atom is -0.412 e. The molecular weight excluding hydrogens is 212 g/mol. The minimum atomic E-state index is -4.58. The first-order valence-corrected chi connectivity index (χ1v) is 4.66. The van der Waals surface area contributed by atoms with E-state index < -0.39 is 14.0 Å². The first-order valence-electron chi connectivity index (χ1n) is 3.17. The van der Waals surface area contributed by atoms with Gasteiger partial charge in [0.1, 0.15) is 6.26 Å². The first-order chi connectivity index (χ1) is 5.77. The quantitative estimate of drug-likeness (QED) is 0.582. The van der Waals surface area contributed by atoms with Crippen molar-refractivity contribution in [3.63, 3.8) is 0 Å². The van der Waals surface area contributed by atoms with E-state index in [0.29, 0.717) is 0 Å². The summed E-state index contributed by atoms with van der Waals surface area (Å²) < 4.78 is 52.9. The van der Waals surface area contributed by atoms with Crippen LogP contribution in [0.25, 0.3) is 0 Å². The van der Waals surface area contributed by atoms with Gasteiger partial charge in [-0.2, -0.15) is 13.2 Å². The zero-order chi connectivity index (χ0) is 10.5. The molecule has 8 heteroatoms. The zero-order valence-electron chi connectivity index (χ0n) is 6.61. The fourth-order valence-corrected chi connectivity index (χ4v) is 0.980. The van der Waals surface area contributed by atoms with Crippen LogP contribution >= 0.6 is 7.82 Å². The Morgan fingerprint density at radius 2 is 2.08 bits per heavy atom. The Labute approximate surface area is 72.6 Å². The van der Waals surface area contributed by atoms with E-state index in [9.17, 15) is 17.7 Å². The molecule has 0 aromatic heterocycles. The molecule has 0 bridgehead atoms. The van der Waals surface area contributed by atoms with Gasteiger partial charge in [-0.15, -0.1) is 0 Å². The van der Waals surface area contributed by atoms with E-state index in [1.165, 1.54) is 6.92 Å². The summed E-state index contributed by atoms with van der Waals surface area (Å²) in [5, 5.41) is 0. The van der Waals surface area contributed by atoms with Crippen LogP contribution in [0.2, 0.25) is 0 Å². The van der Waals surface area contributed by atoms with Gasteiger partial charge in [-0.3, -0.25) is 9.42 Å². The molecule has 0 spiro atoms. The summed E-state index contributed by atoms with van der Waals surface area (Å²) in [6.07, 6.45) is -4.81. The second-order valence-electron chi connectivity index (χ2n) is 1.84. The molecule has 0 radical (unpaired) electrons. The van der Waals surface area contributed by atoms with Gasteiger partial charge in [0.2, 0.25) is 0 Å². The van der Waals surface area contributed by atoms with E-state index >= 15 is 0 Å². The minimum absolute atomic E-state index is 0.0798. The Morgan fingerprint density at radius 1 is 1.54 bits per heavy atom. The van der Waals surface area contributed by atoms with Gasteiger partial charge in [0.25, 0.3) is 0 Å². The molecule has 0 rings (SSSR count). The molecular formula is C5H8F3O4P. The summed E-state index contributed by atoms with van der Waals surface area (Å²) in [6, 6.07) is 0. The second-order valence-corrected chi connectivity index (χ2v) is 3.24. The van der Waals surface area contributed by atoms with Gasteiger partial charge in [-0.05, 0) is 6.92 Å². The van der Waals surface area contributed by atoms with Crippen LogP contribution in [0.15, 0.2) is 12.3 Å². The predicted molar refractivity (Wildman–Crippen MR) is 37.7 cm³/mol. The normalized spacial score (nSPS) is 17.3. The zero-order valence-corrected chi connectivity index (χ0v) is 7.51. The molecule has 1 unspecified atom stereocenters. The highest BCUT2D eigenvalue weighted by Crippen LogP contribution is 2.43. The van der Waals surface area contributed by atoms with Gasteiger partial charge < -0.3 is 4.52 Å². The largest absolute Gasteiger partial charge is 0.526 e. The number of phosphoric acid groups is 1. The lowest BCUT2D eigenvalue weighted by Gasteiger charge is -2.07. The lowest BCUT2D eigenvalue weighted by molar-refractivity contribution is -0.0810. The molecule has 1 atom stereocenters. The Morgan fingerprint density at radius 3 is 2.46 bits per heavy atom. The fourth-order valence-electron chi connectivity index (χ4n) is 0.378. The van der Waals surface area contributed by atoms with Gasteiger partial charge in [0.15, 0.2) is 0 Å². The lowest BCUT2D eigenvalue weighted by atomic mass is 10.6. The molecule has 0 aliphatic carbocycles. The third-order valence-corrected chi connectivity index (χ3v) is 1.72. The summed E-state index contributed by atoms with van der Waals surface area (Å²) in [4.78, 5) is 8.60. The second kappa shape index (κ2) is 4.64. The number of alkyl halides is 3. The third-order valence-electron chi connectivity index (χ3n) is 0.743. The van der Waals surface area contributed by atoms with E-state index in [2.05, 4.69) is 9.05 Å². The van der Waals surface area contributed by atoms with Crippen molar-refractivity contribution in [1.29, 1.82) is 0 Å². The van der Waals surface area contributed by atoms with Crippen LogP contribution in [-0.2, 0) is 13.6 Å². The summed E-state index contributed by atoms with van der Waals surface area (Å²) in [7, 11) is -4.37. The van der Waals surface area contributed by atoms with Crippen molar-refractivity contribution in [3.8, 4) is 0 Å². The van der Waals surface area contributed by atoms with Crippen LogP contribution in [-0.4, -0.2) is 17.7 Å². The van der Waals surface area contributed by atoms with Crippen molar-refractivity contribution in [2.45, 2.75) is 13.1 Å². The molecule has 78 valence electrons. The van der Waals surface area contributed by atoms with Gasteiger partial charge >= 0.3 is 14.0 Å². The van der Waals surface area contributed by atoms with Crippen molar-refractivity contribution in [3.05, 3.63) is 12.3 Å². The maximum atomic E-state index is 11.4. The van der Waals surface area contributed by atoms with Crippen molar-refractivity contribution in [2.24, 2.45) is 0 Å². The van der Waals surface area contributed by atoms with Crippen LogP contribution in [0.5, 0.6) is 0 Å². The van der Waals surface area contributed by atoms with Gasteiger partial charge in [0.05, 0.1) is 12.7 Å². The van der Waals surface area contributed by atoms with E-state index in [-0.39, 0.29) is 18.9 Å². The average Bonchev–Trinajstić information content (AvgIpc) is 1.82. The number of phosphoric ester groups is 1. The monoisotopic (exact) mass is 220 g/mol. The highest BCUT2D eigenvalue weighted by Gasteiger charge is 2.24. The van der Waals surface area contributed by atoms with Gasteiger partial charge in [-0.25, -0.2) is 4.57 Å². The van der Waals surface area contributed by atoms with Crippen LogP contribution in [0, 0.1) is 0 Å². The lowest BCUT2D eigenvalue weighted by Crippen LogP contribution is -2.01. The number of halogens is 3. The Bertz CT molecular complexity index is 224. The van der Waals surface area contributed by atoms with E-state index in [1.54, 1.807) is 0 Å². The fraction of sp³-hybridized carbons (Fsp3) is 0.600. The number of allylic oxidation sites excluding steroid dienone is 1. The SMILES string of the molecule is CCOP(=O)(O)OC=CC(F)(F)F. The third kappa shape index (κ3) is 7.83. The molecule has 4 nitrogen and oxygen atoms in total. The van der Waals surface area contributed by atoms with E-state index in [4.69, 9.17) is 4.89 Å². The first kappa shape index (κ1) is 12.5. The molecule has 13 heavy (non-hydrogen) atoms. The number of hydrogen-bond acceptors (Lipinski definition) is 3. The van der Waals surface area contributed by atoms with Crippen LogP contribution in [0.3, 0.4) is 0 Å². The Kier molecular flexibility index (Phi) is 4.46. The van der Waals surface area contributed by atoms with Crippen LogP contribution in [0.4, 0.5) is 13.2 Å². The number of hydrogen-bond donors (Lipinski definition) is 1. The van der Waals surface area contributed by atoms with Crippen LogP contribution < -0.4 is 0 Å². The Hall–Kier alpha value is -0.520. The molecule has 0 aliphatic rings.